The number of carbonyl (C=O) groups excluding carboxylic acids is 2. The molecule has 0 bridgehead atoms. The minimum atomic E-state index is -0.452. The molecule has 18 heavy (non-hydrogen) atoms. The molecule has 2 N–H and O–H groups in total. The first kappa shape index (κ1) is 14.9. The monoisotopic (exact) mass is 257 g/mol. The number of nitrogens with one attached hydrogen (secondary N) is 2. The lowest BCUT2D eigenvalue weighted by Crippen LogP contribution is -2.45. The number of methoxy groups -OCH3 is 1. The van der Waals surface area contributed by atoms with Gasteiger partial charge >= 0.3 is 6.03 Å². The molecule has 0 aromatic rings. The maximum Gasteiger partial charge on any atom is 0.321 e. The van der Waals surface area contributed by atoms with Crippen molar-refractivity contribution < 1.29 is 14.3 Å². The van der Waals surface area contributed by atoms with Crippen LogP contribution in [0.2, 0.25) is 0 Å². The molecule has 3 amide bonds. The zero-order chi connectivity index (χ0) is 13.2. The molecule has 6 nitrogen and oxygen atoms in total. The highest BCUT2D eigenvalue weighted by Crippen LogP contribution is 2.08. The molecule has 1 heterocycles. The fourth-order valence-electron chi connectivity index (χ4n) is 1.97. The number of ether oxygens (including phenoxy) is 1. The van der Waals surface area contributed by atoms with Crippen LogP contribution in [-0.4, -0.2) is 56.7 Å². The maximum absolute atomic E-state index is 11.6. The molecule has 0 atom stereocenters. The van der Waals surface area contributed by atoms with Gasteiger partial charge in [0.25, 0.3) is 0 Å². The van der Waals surface area contributed by atoms with E-state index in [1.807, 2.05) is 0 Å². The highest BCUT2D eigenvalue weighted by atomic mass is 16.5. The van der Waals surface area contributed by atoms with E-state index in [2.05, 4.69) is 15.5 Å². The van der Waals surface area contributed by atoms with Gasteiger partial charge in [-0.3, -0.25) is 15.0 Å². The van der Waals surface area contributed by atoms with Crippen LogP contribution in [0.25, 0.3) is 0 Å². The van der Waals surface area contributed by atoms with Crippen molar-refractivity contribution in [1.29, 1.82) is 0 Å². The van der Waals surface area contributed by atoms with E-state index in [1.54, 1.807) is 7.11 Å². The quantitative estimate of drug-likeness (QED) is 0.697. The van der Waals surface area contributed by atoms with Crippen LogP contribution in [0.3, 0.4) is 0 Å². The summed E-state index contributed by atoms with van der Waals surface area (Å²) < 4.78 is 4.80. The van der Waals surface area contributed by atoms with Crippen LogP contribution in [0.5, 0.6) is 0 Å². The van der Waals surface area contributed by atoms with Crippen LogP contribution < -0.4 is 10.6 Å². The fourth-order valence-corrected chi connectivity index (χ4v) is 1.97. The fraction of sp³-hybridized carbons (Fsp3) is 0.833. The van der Waals surface area contributed by atoms with Gasteiger partial charge in [-0.1, -0.05) is 12.8 Å². The Balaban J connectivity index is 2.17. The Morgan fingerprint density at radius 3 is 2.44 bits per heavy atom. The van der Waals surface area contributed by atoms with Gasteiger partial charge in [-0.15, -0.1) is 0 Å². The average molecular weight is 257 g/mol. The summed E-state index contributed by atoms with van der Waals surface area (Å²) in [5, 5.41) is 4.87. The Morgan fingerprint density at radius 2 is 1.83 bits per heavy atom. The first-order chi connectivity index (χ1) is 8.72. The van der Waals surface area contributed by atoms with E-state index >= 15 is 0 Å². The minimum Gasteiger partial charge on any atom is -0.383 e. The molecule has 6 heteroatoms. The molecule has 0 unspecified atom stereocenters. The number of carbonyl (C=O) groups is 2. The molecule has 1 saturated heterocycles. The van der Waals surface area contributed by atoms with Crippen molar-refractivity contribution in [1.82, 2.24) is 15.5 Å². The molecule has 0 radical (unpaired) electrons. The van der Waals surface area contributed by atoms with Crippen LogP contribution >= 0.6 is 0 Å². The average Bonchev–Trinajstić information content (AvgIpc) is 2.57. The topological polar surface area (TPSA) is 70.7 Å². The van der Waals surface area contributed by atoms with Crippen molar-refractivity contribution in [3.05, 3.63) is 0 Å². The number of imide groups is 1. The van der Waals surface area contributed by atoms with Crippen LogP contribution in [-0.2, 0) is 9.53 Å². The Bertz CT molecular complexity index is 263. The molecule has 1 aliphatic heterocycles. The number of rotatable bonds is 5. The summed E-state index contributed by atoms with van der Waals surface area (Å²) in [5.74, 6) is -0.244. The molecule has 0 spiro atoms. The van der Waals surface area contributed by atoms with Crippen molar-refractivity contribution in [3.8, 4) is 0 Å². The summed E-state index contributed by atoms with van der Waals surface area (Å²) in [6.45, 7) is 3.03. The smallest absolute Gasteiger partial charge is 0.321 e. The Kier molecular flexibility index (Phi) is 7.36. The van der Waals surface area contributed by atoms with E-state index in [9.17, 15) is 9.59 Å². The van der Waals surface area contributed by atoms with E-state index in [0.29, 0.717) is 19.7 Å². The first-order valence-corrected chi connectivity index (χ1v) is 6.51. The summed E-state index contributed by atoms with van der Waals surface area (Å²) in [5.41, 5.74) is 0. The molecular weight excluding hydrogens is 234 g/mol. The van der Waals surface area contributed by atoms with Crippen LogP contribution in [0, 0.1) is 0 Å². The molecular formula is C12H23N3O3. The second kappa shape index (κ2) is 8.88. The van der Waals surface area contributed by atoms with E-state index < -0.39 is 6.03 Å². The summed E-state index contributed by atoms with van der Waals surface area (Å²) in [6.07, 6.45) is 4.73. The second-order valence-electron chi connectivity index (χ2n) is 4.49. The number of likely N-dealkylation sites (tertiary alicyclic amines) is 1. The maximum atomic E-state index is 11.6. The van der Waals surface area contributed by atoms with Gasteiger partial charge in [0.05, 0.1) is 13.2 Å². The summed E-state index contributed by atoms with van der Waals surface area (Å²) >= 11 is 0. The highest BCUT2D eigenvalue weighted by molar-refractivity contribution is 5.95. The van der Waals surface area contributed by atoms with Crippen molar-refractivity contribution >= 4 is 11.9 Å². The lowest BCUT2D eigenvalue weighted by atomic mass is 10.2. The third-order valence-corrected chi connectivity index (χ3v) is 2.91. The lowest BCUT2D eigenvalue weighted by molar-refractivity contribution is -0.121. The number of nitrogens with zero attached hydrogens (tertiary/aromatic N) is 1. The van der Waals surface area contributed by atoms with Gasteiger partial charge in [0.15, 0.2) is 0 Å². The van der Waals surface area contributed by atoms with Gasteiger partial charge in [0.2, 0.25) is 5.91 Å². The van der Waals surface area contributed by atoms with E-state index in [4.69, 9.17) is 4.74 Å². The standard InChI is InChI=1S/C12H23N3O3/c1-18-9-6-13-12(17)14-11(16)10-15-7-4-2-3-5-8-15/h2-10H2,1H3,(H2,13,14,16,17). The van der Waals surface area contributed by atoms with Crippen molar-refractivity contribution in [2.45, 2.75) is 25.7 Å². The summed E-state index contributed by atoms with van der Waals surface area (Å²) in [7, 11) is 1.56. The lowest BCUT2D eigenvalue weighted by Gasteiger charge is -2.18. The second-order valence-corrected chi connectivity index (χ2v) is 4.49. The molecule has 0 aliphatic carbocycles. The van der Waals surface area contributed by atoms with Crippen LogP contribution in [0.15, 0.2) is 0 Å². The van der Waals surface area contributed by atoms with Gasteiger partial charge < -0.3 is 10.1 Å². The Labute approximate surface area is 108 Å². The van der Waals surface area contributed by atoms with Crippen LogP contribution in [0.1, 0.15) is 25.7 Å². The number of hydrogen-bond acceptors (Lipinski definition) is 4. The Hall–Kier alpha value is -1.14. The Morgan fingerprint density at radius 1 is 1.17 bits per heavy atom. The van der Waals surface area contributed by atoms with E-state index in [0.717, 1.165) is 25.9 Å². The van der Waals surface area contributed by atoms with Gasteiger partial charge in [-0.2, -0.15) is 0 Å². The predicted molar refractivity (Wildman–Crippen MR) is 68.3 cm³/mol. The number of urea groups is 1. The normalized spacial score (nSPS) is 16.9. The molecule has 1 fully saturated rings. The van der Waals surface area contributed by atoms with Gasteiger partial charge in [-0.05, 0) is 25.9 Å². The molecule has 104 valence electrons. The first-order valence-electron chi connectivity index (χ1n) is 6.51. The van der Waals surface area contributed by atoms with E-state index in [-0.39, 0.29) is 5.91 Å². The molecule has 0 aromatic heterocycles. The molecule has 0 aromatic carbocycles. The van der Waals surface area contributed by atoms with Crippen molar-refractivity contribution in [2.24, 2.45) is 0 Å². The third kappa shape index (κ3) is 6.56. The number of hydrogen-bond donors (Lipinski definition) is 2. The molecule has 0 saturated carbocycles. The van der Waals surface area contributed by atoms with Crippen molar-refractivity contribution in [2.75, 3.05) is 39.9 Å². The summed E-state index contributed by atoms with van der Waals surface area (Å²) in [6, 6.07) is -0.452. The molecule has 1 aliphatic rings. The predicted octanol–water partition coefficient (Wildman–Crippen LogP) is 0.335. The van der Waals surface area contributed by atoms with Gasteiger partial charge in [-0.25, -0.2) is 4.79 Å². The zero-order valence-electron chi connectivity index (χ0n) is 11.0. The van der Waals surface area contributed by atoms with Gasteiger partial charge in [0.1, 0.15) is 0 Å². The minimum absolute atomic E-state index is 0.244. The number of amides is 3. The van der Waals surface area contributed by atoms with Gasteiger partial charge in [0, 0.05) is 13.7 Å². The largest absolute Gasteiger partial charge is 0.383 e. The summed E-state index contributed by atoms with van der Waals surface area (Å²) in [4.78, 5) is 25.0. The third-order valence-electron chi connectivity index (χ3n) is 2.91. The SMILES string of the molecule is COCCNC(=O)NC(=O)CN1CCCCCC1. The van der Waals surface area contributed by atoms with E-state index in [1.165, 1.54) is 12.8 Å². The van der Waals surface area contributed by atoms with Crippen LogP contribution in [0.4, 0.5) is 4.79 Å². The van der Waals surface area contributed by atoms with Crippen molar-refractivity contribution in [3.63, 3.8) is 0 Å². The molecule has 1 rings (SSSR count). The highest BCUT2D eigenvalue weighted by Gasteiger charge is 2.14. The zero-order valence-corrected chi connectivity index (χ0v) is 11.0.